The van der Waals surface area contributed by atoms with Crippen molar-refractivity contribution in [2.75, 3.05) is 7.11 Å². The first-order valence-electron chi connectivity index (χ1n) is 6.06. The topological polar surface area (TPSA) is 70.9 Å². The van der Waals surface area contributed by atoms with Crippen LogP contribution in [0.2, 0.25) is 0 Å². The van der Waals surface area contributed by atoms with Gasteiger partial charge in [-0.15, -0.1) is 0 Å². The van der Waals surface area contributed by atoms with E-state index in [1.54, 1.807) is 36.4 Å². The van der Waals surface area contributed by atoms with Gasteiger partial charge < -0.3 is 9.84 Å². The van der Waals surface area contributed by atoms with Gasteiger partial charge in [0.1, 0.15) is 0 Å². The van der Waals surface area contributed by atoms with E-state index in [9.17, 15) is 9.90 Å². The fourth-order valence-electron chi connectivity index (χ4n) is 1.62. The van der Waals surface area contributed by atoms with Crippen LogP contribution in [0.5, 0.6) is 11.5 Å². The van der Waals surface area contributed by atoms with Crippen molar-refractivity contribution in [3.63, 3.8) is 0 Å². The summed E-state index contributed by atoms with van der Waals surface area (Å²) in [6.07, 6.45) is 1.44. The molecular formula is C15H13BrN2O3. The third-order valence-electron chi connectivity index (χ3n) is 2.69. The summed E-state index contributed by atoms with van der Waals surface area (Å²) in [5.74, 6) is 0.0863. The molecule has 2 N–H and O–H groups in total. The maximum atomic E-state index is 11.8. The second-order valence-electron chi connectivity index (χ2n) is 4.14. The molecule has 1 amide bonds. The number of nitrogens with one attached hydrogen (secondary N) is 1. The third-order valence-corrected chi connectivity index (χ3v) is 3.22. The molecule has 5 nitrogen and oxygen atoms in total. The van der Waals surface area contributed by atoms with Gasteiger partial charge >= 0.3 is 0 Å². The molecule has 0 aliphatic carbocycles. The van der Waals surface area contributed by atoms with E-state index >= 15 is 0 Å². The molecule has 0 fully saturated rings. The van der Waals surface area contributed by atoms with Crippen LogP contribution in [0.15, 0.2) is 52.0 Å². The summed E-state index contributed by atoms with van der Waals surface area (Å²) < 4.78 is 5.84. The quantitative estimate of drug-likeness (QED) is 0.659. The highest BCUT2D eigenvalue weighted by molar-refractivity contribution is 9.10. The molecule has 0 unspecified atom stereocenters. The summed E-state index contributed by atoms with van der Waals surface area (Å²) in [4.78, 5) is 11.8. The van der Waals surface area contributed by atoms with E-state index in [2.05, 4.69) is 26.5 Å². The maximum Gasteiger partial charge on any atom is 0.271 e. The molecule has 0 saturated heterocycles. The minimum Gasteiger partial charge on any atom is -0.504 e. The van der Waals surface area contributed by atoms with Gasteiger partial charge in [-0.3, -0.25) is 4.79 Å². The maximum absolute atomic E-state index is 11.8. The molecule has 108 valence electrons. The summed E-state index contributed by atoms with van der Waals surface area (Å²) >= 11 is 3.30. The van der Waals surface area contributed by atoms with Gasteiger partial charge in [-0.05, 0) is 48.0 Å². The van der Waals surface area contributed by atoms with Gasteiger partial charge in [-0.1, -0.05) is 15.9 Å². The number of carbonyl (C=O) groups is 1. The van der Waals surface area contributed by atoms with Crippen molar-refractivity contribution in [2.45, 2.75) is 0 Å². The number of hydrogen-bond acceptors (Lipinski definition) is 4. The number of ether oxygens (including phenoxy) is 1. The van der Waals surface area contributed by atoms with Crippen LogP contribution in [0, 0.1) is 0 Å². The van der Waals surface area contributed by atoms with E-state index in [1.807, 2.05) is 0 Å². The first-order valence-corrected chi connectivity index (χ1v) is 6.85. The number of amides is 1. The lowest BCUT2D eigenvalue weighted by molar-refractivity contribution is 0.0955. The van der Waals surface area contributed by atoms with Crippen molar-refractivity contribution in [3.05, 3.63) is 58.1 Å². The number of hydrazone groups is 1. The fourth-order valence-corrected chi connectivity index (χ4v) is 1.88. The summed E-state index contributed by atoms with van der Waals surface area (Å²) in [6.45, 7) is 0. The lowest BCUT2D eigenvalue weighted by Gasteiger charge is -2.03. The monoisotopic (exact) mass is 348 g/mol. The average Bonchev–Trinajstić information content (AvgIpc) is 2.48. The Morgan fingerprint density at radius 1 is 1.29 bits per heavy atom. The van der Waals surface area contributed by atoms with Gasteiger partial charge in [0.05, 0.1) is 13.3 Å². The number of carbonyl (C=O) groups excluding carboxylic acids is 1. The Labute approximate surface area is 130 Å². The molecular weight excluding hydrogens is 336 g/mol. The first kappa shape index (κ1) is 15.1. The molecule has 0 aliphatic heterocycles. The minimum absolute atomic E-state index is 0.0145. The number of benzene rings is 2. The van der Waals surface area contributed by atoms with E-state index in [0.717, 1.165) is 4.47 Å². The largest absolute Gasteiger partial charge is 0.504 e. The number of methoxy groups -OCH3 is 1. The molecule has 0 atom stereocenters. The number of phenolic OH excluding ortho intramolecular Hbond substituents is 1. The molecule has 0 aliphatic rings. The van der Waals surface area contributed by atoms with Gasteiger partial charge in [0.15, 0.2) is 11.5 Å². The summed E-state index contributed by atoms with van der Waals surface area (Å²) in [6, 6.07) is 11.8. The zero-order chi connectivity index (χ0) is 15.2. The highest BCUT2D eigenvalue weighted by Gasteiger charge is 2.03. The zero-order valence-corrected chi connectivity index (χ0v) is 12.8. The number of rotatable bonds is 4. The Morgan fingerprint density at radius 3 is 2.62 bits per heavy atom. The molecule has 21 heavy (non-hydrogen) atoms. The van der Waals surface area contributed by atoms with Crippen LogP contribution < -0.4 is 10.2 Å². The van der Waals surface area contributed by atoms with Crippen LogP contribution in [-0.4, -0.2) is 24.3 Å². The fraction of sp³-hybridized carbons (Fsp3) is 0.0667. The number of hydrogen-bond donors (Lipinski definition) is 2. The number of nitrogens with zero attached hydrogens (tertiary/aromatic N) is 1. The molecule has 0 radical (unpaired) electrons. The van der Waals surface area contributed by atoms with Gasteiger partial charge in [0, 0.05) is 10.0 Å². The number of halogens is 1. The highest BCUT2D eigenvalue weighted by Crippen LogP contribution is 2.25. The molecule has 0 heterocycles. The Kier molecular flexibility index (Phi) is 4.94. The van der Waals surface area contributed by atoms with Crippen molar-refractivity contribution < 1.29 is 14.6 Å². The summed E-state index contributed by atoms with van der Waals surface area (Å²) in [5, 5.41) is 13.5. The van der Waals surface area contributed by atoms with E-state index in [0.29, 0.717) is 16.9 Å². The molecule has 6 heteroatoms. The van der Waals surface area contributed by atoms with Crippen molar-refractivity contribution in [1.82, 2.24) is 5.43 Å². The van der Waals surface area contributed by atoms with Crippen LogP contribution >= 0.6 is 15.9 Å². The Bertz CT molecular complexity index is 669. The van der Waals surface area contributed by atoms with Crippen molar-refractivity contribution >= 4 is 28.1 Å². The second kappa shape index (κ2) is 6.90. The van der Waals surface area contributed by atoms with Crippen molar-refractivity contribution in [1.29, 1.82) is 0 Å². The Balaban J connectivity index is 2.00. The van der Waals surface area contributed by atoms with E-state index in [4.69, 9.17) is 4.74 Å². The van der Waals surface area contributed by atoms with E-state index in [1.165, 1.54) is 19.4 Å². The highest BCUT2D eigenvalue weighted by atomic mass is 79.9. The zero-order valence-electron chi connectivity index (χ0n) is 11.2. The molecule has 2 aromatic carbocycles. The molecule has 2 rings (SSSR count). The summed E-state index contributed by atoms with van der Waals surface area (Å²) in [5.41, 5.74) is 3.57. The smallest absolute Gasteiger partial charge is 0.271 e. The number of phenols is 1. The van der Waals surface area contributed by atoms with Crippen LogP contribution in [0.3, 0.4) is 0 Å². The van der Waals surface area contributed by atoms with E-state index < -0.39 is 0 Å². The normalized spacial score (nSPS) is 10.6. The van der Waals surface area contributed by atoms with Crippen molar-refractivity contribution in [2.24, 2.45) is 5.10 Å². The average molecular weight is 349 g/mol. The van der Waals surface area contributed by atoms with Gasteiger partial charge in [0.25, 0.3) is 5.91 Å². The second-order valence-corrected chi connectivity index (χ2v) is 5.05. The van der Waals surface area contributed by atoms with Crippen LogP contribution in [0.25, 0.3) is 0 Å². The van der Waals surface area contributed by atoms with Crippen LogP contribution in [-0.2, 0) is 0 Å². The van der Waals surface area contributed by atoms with Crippen LogP contribution in [0.4, 0.5) is 0 Å². The standard InChI is InChI=1S/C15H13BrN2O3/c1-21-14-7-2-10(8-13(14)19)9-17-18-15(20)11-3-5-12(16)6-4-11/h2-9,19H,1H3,(H,18,20)/b17-9+. The first-order chi connectivity index (χ1) is 10.1. The Hall–Kier alpha value is -2.34. The van der Waals surface area contributed by atoms with E-state index in [-0.39, 0.29) is 11.7 Å². The van der Waals surface area contributed by atoms with Gasteiger partial charge in [-0.2, -0.15) is 5.10 Å². The Morgan fingerprint density at radius 2 is 2.00 bits per heavy atom. The molecule has 0 aromatic heterocycles. The molecule has 0 saturated carbocycles. The summed E-state index contributed by atoms with van der Waals surface area (Å²) in [7, 11) is 1.47. The van der Waals surface area contributed by atoms with Crippen LogP contribution in [0.1, 0.15) is 15.9 Å². The number of aromatic hydroxyl groups is 1. The SMILES string of the molecule is COc1ccc(/C=N/NC(=O)c2ccc(Br)cc2)cc1O. The van der Waals surface area contributed by atoms with Gasteiger partial charge in [0.2, 0.25) is 0 Å². The minimum atomic E-state index is -0.309. The lowest BCUT2D eigenvalue weighted by Crippen LogP contribution is -2.17. The molecule has 0 spiro atoms. The van der Waals surface area contributed by atoms with Crippen molar-refractivity contribution in [3.8, 4) is 11.5 Å². The molecule has 0 bridgehead atoms. The molecule has 2 aromatic rings. The third kappa shape index (κ3) is 4.06. The predicted molar refractivity (Wildman–Crippen MR) is 83.9 cm³/mol. The van der Waals surface area contributed by atoms with Gasteiger partial charge in [-0.25, -0.2) is 5.43 Å². The lowest BCUT2D eigenvalue weighted by atomic mass is 10.2. The predicted octanol–water partition coefficient (Wildman–Crippen LogP) is 2.93.